The molecule has 126 valence electrons. The molecule has 0 spiro atoms. The Labute approximate surface area is 139 Å². The fourth-order valence-electron chi connectivity index (χ4n) is 2.79. The third kappa shape index (κ3) is 3.22. The van der Waals surface area contributed by atoms with E-state index in [4.69, 9.17) is 4.74 Å². The van der Waals surface area contributed by atoms with E-state index in [0.717, 1.165) is 12.0 Å². The first kappa shape index (κ1) is 16.0. The molecule has 1 aromatic carbocycles. The first-order chi connectivity index (χ1) is 11.6. The van der Waals surface area contributed by atoms with Crippen LogP contribution in [-0.4, -0.2) is 43.9 Å². The molecule has 0 saturated carbocycles. The highest BCUT2D eigenvalue weighted by Gasteiger charge is 2.46. The quantitative estimate of drug-likeness (QED) is 0.919. The standard InChI is InChI=1S/C16H19N5O3/c1-16(14(22)19-20-11-17-18-12-20)8-5-9-21(16)15(23)24-10-13-6-3-2-4-7-13/h2-4,6-7,11-12H,5,8-10H2,1H3,(H,19,22). The van der Waals surface area contributed by atoms with Crippen molar-refractivity contribution in [2.45, 2.75) is 31.9 Å². The molecular formula is C16H19N5O3. The van der Waals surface area contributed by atoms with E-state index < -0.39 is 11.6 Å². The lowest BCUT2D eigenvalue weighted by Crippen LogP contribution is -2.54. The first-order valence-corrected chi connectivity index (χ1v) is 7.74. The van der Waals surface area contributed by atoms with Gasteiger partial charge in [0.05, 0.1) is 0 Å². The fraction of sp³-hybridized carbons (Fsp3) is 0.375. The number of aromatic nitrogens is 3. The molecule has 0 radical (unpaired) electrons. The van der Waals surface area contributed by atoms with Crippen molar-refractivity contribution in [1.29, 1.82) is 0 Å². The van der Waals surface area contributed by atoms with Crippen LogP contribution in [0.2, 0.25) is 0 Å². The van der Waals surface area contributed by atoms with E-state index in [1.54, 1.807) is 6.92 Å². The van der Waals surface area contributed by atoms with Gasteiger partial charge in [-0.2, -0.15) is 0 Å². The van der Waals surface area contributed by atoms with Gasteiger partial charge in [0.1, 0.15) is 24.8 Å². The van der Waals surface area contributed by atoms with Crippen LogP contribution in [0.5, 0.6) is 0 Å². The van der Waals surface area contributed by atoms with Gasteiger partial charge in [-0.05, 0) is 25.3 Å². The summed E-state index contributed by atoms with van der Waals surface area (Å²) in [6.45, 7) is 2.41. The van der Waals surface area contributed by atoms with Crippen molar-refractivity contribution in [3.63, 3.8) is 0 Å². The second-order valence-electron chi connectivity index (χ2n) is 5.88. The van der Waals surface area contributed by atoms with E-state index in [9.17, 15) is 9.59 Å². The number of benzene rings is 1. The van der Waals surface area contributed by atoms with Gasteiger partial charge in [0.2, 0.25) is 0 Å². The number of carbonyl (C=O) groups excluding carboxylic acids is 2. The number of rotatable bonds is 4. The predicted octanol–water partition coefficient (Wildman–Crippen LogP) is 1.54. The van der Waals surface area contributed by atoms with Gasteiger partial charge in [0, 0.05) is 6.54 Å². The predicted molar refractivity (Wildman–Crippen MR) is 85.4 cm³/mol. The van der Waals surface area contributed by atoms with Crippen molar-refractivity contribution in [1.82, 2.24) is 19.8 Å². The van der Waals surface area contributed by atoms with E-state index in [2.05, 4.69) is 15.6 Å². The third-order valence-electron chi connectivity index (χ3n) is 4.21. The van der Waals surface area contributed by atoms with Gasteiger partial charge in [-0.1, -0.05) is 30.3 Å². The van der Waals surface area contributed by atoms with E-state index in [1.165, 1.54) is 22.2 Å². The molecule has 1 fully saturated rings. The maximum Gasteiger partial charge on any atom is 0.410 e. The van der Waals surface area contributed by atoms with Crippen molar-refractivity contribution in [3.8, 4) is 0 Å². The lowest BCUT2D eigenvalue weighted by Gasteiger charge is -2.32. The van der Waals surface area contributed by atoms with Gasteiger partial charge in [0.15, 0.2) is 0 Å². The summed E-state index contributed by atoms with van der Waals surface area (Å²) in [5.41, 5.74) is 2.61. The largest absolute Gasteiger partial charge is 0.445 e. The minimum atomic E-state index is -0.960. The van der Waals surface area contributed by atoms with Gasteiger partial charge in [-0.15, -0.1) is 10.2 Å². The van der Waals surface area contributed by atoms with Crippen LogP contribution in [0.4, 0.5) is 4.79 Å². The number of nitrogens with one attached hydrogen (secondary N) is 1. The molecule has 1 aromatic heterocycles. The van der Waals surface area contributed by atoms with Crippen molar-refractivity contribution >= 4 is 12.0 Å². The molecule has 1 aliphatic rings. The highest BCUT2D eigenvalue weighted by molar-refractivity contribution is 5.95. The summed E-state index contributed by atoms with van der Waals surface area (Å²) in [4.78, 5) is 26.5. The first-order valence-electron chi connectivity index (χ1n) is 7.74. The number of nitrogens with zero attached hydrogens (tertiary/aromatic N) is 4. The average molecular weight is 329 g/mol. The fourth-order valence-corrected chi connectivity index (χ4v) is 2.79. The topological polar surface area (TPSA) is 89.4 Å². The number of hydrogen-bond donors (Lipinski definition) is 1. The van der Waals surface area contributed by atoms with Gasteiger partial charge < -0.3 is 4.74 Å². The van der Waals surface area contributed by atoms with Gasteiger partial charge in [0.25, 0.3) is 5.91 Å². The lowest BCUT2D eigenvalue weighted by molar-refractivity contribution is -0.126. The summed E-state index contributed by atoms with van der Waals surface area (Å²) < 4.78 is 6.73. The number of ether oxygens (including phenoxy) is 1. The zero-order valence-electron chi connectivity index (χ0n) is 13.4. The molecule has 1 unspecified atom stereocenters. The molecule has 1 aliphatic heterocycles. The lowest BCUT2D eigenvalue weighted by atomic mass is 9.98. The van der Waals surface area contributed by atoms with Crippen molar-refractivity contribution < 1.29 is 14.3 Å². The van der Waals surface area contributed by atoms with E-state index in [1.807, 2.05) is 30.3 Å². The normalized spacial score (nSPS) is 20.0. The number of likely N-dealkylation sites (tertiary alicyclic amines) is 1. The second kappa shape index (κ2) is 6.69. The minimum Gasteiger partial charge on any atom is -0.445 e. The molecule has 2 aromatic rings. The van der Waals surface area contributed by atoms with Crippen LogP contribution in [-0.2, 0) is 16.1 Å². The smallest absolute Gasteiger partial charge is 0.410 e. The summed E-state index contributed by atoms with van der Waals surface area (Å²) in [5.74, 6) is -0.295. The van der Waals surface area contributed by atoms with Crippen LogP contribution >= 0.6 is 0 Å². The summed E-state index contributed by atoms with van der Waals surface area (Å²) in [7, 11) is 0. The zero-order chi connectivity index (χ0) is 17.0. The molecule has 3 rings (SSSR count). The highest BCUT2D eigenvalue weighted by Crippen LogP contribution is 2.30. The van der Waals surface area contributed by atoms with Gasteiger partial charge in [-0.25, -0.2) is 9.47 Å². The SMILES string of the molecule is CC1(C(=O)Nn2cnnc2)CCCN1C(=O)OCc1ccccc1. The Hall–Kier alpha value is -2.90. The Morgan fingerprint density at radius 1 is 1.25 bits per heavy atom. The molecule has 0 aliphatic carbocycles. The third-order valence-corrected chi connectivity index (χ3v) is 4.21. The summed E-state index contributed by atoms with van der Waals surface area (Å²) in [6.07, 6.45) is 3.59. The molecule has 1 saturated heterocycles. The van der Waals surface area contributed by atoms with E-state index in [0.29, 0.717) is 13.0 Å². The zero-order valence-corrected chi connectivity index (χ0v) is 13.4. The Kier molecular flexibility index (Phi) is 4.45. The average Bonchev–Trinajstić information content (AvgIpc) is 3.24. The number of amides is 2. The van der Waals surface area contributed by atoms with E-state index in [-0.39, 0.29) is 12.5 Å². The molecule has 1 N–H and O–H groups in total. The summed E-state index contributed by atoms with van der Waals surface area (Å²) in [5, 5.41) is 7.27. The van der Waals surface area contributed by atoms with Crippen molar-refractivity contribution in [2.24, 2.45) is 0 Å². The maximum absolute atomic E-state index is 12.6. The highest BCUT2D eigenvalue weighted by atomic mass is 16.6. The van der Waals surface area contributed by atoms with Crippen molar-refractivity contribution in [2.75, 3.05) is 12.0 Å². The molecule has 24 heavy (non-hydrogen) atoms. The molecule has 0 bridgehead atoms. The van der Waals surface area contributed by atoms with E-state index >= 15 is 0 Å². The summed E-state index contributed by atoms with van der Waals surface area (Å²) >= 11 is 0. The Morgan fingerprint density at radius 3 is 2.67 bits per heavy atom. The van der Waals surface area contributed by atoms with Crippen LogP contribution in [0.25, 0.3) is 0 Å². The van der Waals surface area contributed by atoms with Crippen LogP contribution in [0.1, 0.15) is 25.3 Å². The van der Waals surface area contributed by atoms with Crippen molar-refractivity contribution in [3.05, 3.63) is 48.5 Å². The molecular weight excluding hydrogens is 310 g/mol. The maximum atomic E-state index is 12.6. The number of carbonyl (C=O) groups is 2. The Bertz CT molecular complexity index is 704. The minimum absolute atomic E-state index is 0.180. The second-order valence-corrected chi connectivity index (χ2v) is 5.88. The molecule has 2 heterocycles. The molecule has 8 nitrogen and oxygen atoms in total. The van der Waals surface area contributed by atoms with Crippen LogP contribution in [0.15, 0.2) is 43.0 Å². The molecule has 2 amide bonds. The monoisotopic (exact) mass is 329 g/mol. The Balaban J connectivity index is 1.65. The molecule has 8 heteroatoms. The number of hydrogen-bond acceptors (Lipinski definition) is 5. The van der Waals surface area contributed by atoms with Crippen LogP contribution in [0, 0.1) is 0 Å². The van der Waals surface area contributed by atoms with Crippen LogP contribution < -0.4 is 5.43 Å². The van der Waals surface area contributed by atoms with Gasteiger partial charge >= 0.3 is 6.09 Å². The Morgan fingerprint density at radius 2 is 1.96 bits per heavy atom. The van der Waals surface area contributed by atoms with Gasteiger partial charge in [-0.3, -0.25) is 15.1 Å². The molecule has 1 atom stereocenters. The van der Waals surface area contributed by atoms with Crippen LogP contribution in [0.3, 0.4) is 0 Å². The summed E-state index contributed by atoms with van der Waals surface area (Å²) in [6, 6.07) is 9.44.